The second-order valence-corrected chi connectivity index (χ2v) is 9.69. The molecule has 0 aliphatic carbocycles. The maximum Gasteiger partial charge on any atom is 0.220 e. The molecule has 0 unspecified atom stereocenters. The fraction of sp³-hybridized carbons (Fsp3) is 0.300. The first kappa shape index (κ1) is 21.5. The van der Waals surface area contributed by atoms with Crippen molar-refractivity contribution in [1.29, 1.82) is 0 Å². The molecule has 3 nitrogen and oxygen atoms in total. The summed E-state index contributed by atoms with van der Waals surface area (Å²) in [4.78, 5) is 5.09. The van der Waals surface area contributed by atoms with Crippen LogP contribution < -0.4 is 14.4 Å². The molecule has 3 aromatic carbocycles. The van der Waals surface area contributed by atoms with Crippen LogP contribution in [-0.2, 0) is 7.05 Å². The van der Waals surface area contributed by atoms with Crippen molar-refractivity contribution in [2.45, 2.75) is 53.8 Å². The highest BCUT2D eigenvalue weighted by Gasteiger charge is 2.37. The fourth-order valence-corrected chi connectivity index (χ4v) is 5.72. The number of pyridine rings is 1. The van der Waals surface area contributed by atoms with Crippen LogP contribution >= 0.6 is 0 Å². The lowest BCUT2D eigenvalue weighted by atomic mass is 9.92. The molecule has 3 heteroatoms. The Labute approximate surface area is 197 Å². The van der Waals surface area contributed by atoms with E-state index in [4.69, 9.17) is 0 Å². The Kier molecular flexibility index (Phi) is 5.16. The molecule has 0 N–H and O–H groups in total. The standard InChI is InChI=1S/C30H34N3/c1-19(2)32-23(6)33(28-15-11-10-14-27(28)32)29-21(4)20(3)18-26(22(29)5)30-25-13-9-8-12-24(25)16-17-31(30)7/h8-19,23H,1-7H3/q+1/t23-/m1/s1. The van der Waals surface area contributed by atoms with Crippen LogP contribution in [0, 0.1) is 20.8 Å². The number of nitrogens with zero attached hydrogens (tertiary/aromatic N) is 3. The van der Waals surface area contributed by atoms with E-state index in [1.54, 1.807) is 0 Å². The summed E-state index contributed by atoms with van der Waals surface area (Å²) in [6, 6.07) is 22.6. The van der Waals surface area contributed by atoms with Gasteiger partial charge in [0.2, 0.25) is 5.69 Å². The van der Waals surface area contributed by atoms with Gasteiger partial charge >= 0.3 is 0 Å². The third-order valence-electron chi connectivity index (χ3n) is 7.36. The molecular weight excluding hydrogens is 402 g/mol. The molecule has 0 saturated carbocycles. The van der Waals surface area contributed by atoms with Crippen LogP contribution in [0.3, 0.4) is 0 Å². The largest absolute Gasteiger partial charge is 0.347 e. The highest BCUT2D eigenvalue weighted by atomic mass is 15.4. The van der Waals surface area contributed by atoms with Gasteiger partial charge in [-0.3, -0.25) is 0 Å². The van der Waals surface area contributed by atoms with Gasteiger partial charge in [-0.05, 0) is 87.9 Å². The van der Waals surface area contributed by atoms with Gasteiger partial charge < -0.3 is 9.80 Å². The first-order valence-corrected chi connectivity index (χ1v) is 12.0. The minimum Gasteiger partial charge on any atom is -0.347 e. The van der Waals surface area contributed by atoms with Gasteiger partial charge in [0.05, 0.1) is 28.0 Å². The minimum absolute atomic E-state index is 0.246. The molecule has 33 heavy (non-hydrogen) atoms. The molecule has 0 fully saturated rings. The van der Waals surface area contributed by atoms with Crippen molar-refractivity contribution in [1.82, 2.24) is 0 Å². The average molecular weight is 437 g/mol. The van der Waals surface area contributed by atoms with Gasteiger partial charge in [-0.1, -0.05) is 30.3 Å². The van der Waals surface area contributed by atoms with Crippen molar-refractivity contribution in [2.24, 2.45) is 7.05 Å². The Morgan fingerprint density at radius 1 is 0.848 bits per heavy atom. The number of hydrogen-bond acceptors (Lipinski definition) is 2. The maximum atomic E-state index is 2.56. The first-order valence-electron chi connectivity index (χ1n) is 12.0. The van der Waals surface area contributed by atoms with E-state index in [0.717, 1.165) is 0 Å². The van der Waals surface area contributed by atoms with E-state index in [2.05, 4.69) is 130 Å². The van der Waals surface area contributed by atoms with Crippen LogP contribution in [0.4, 0.5) is 17.1 Å². The van der Waals surface area contributed by atoms with Gasteiger partial charge in [0, 0.05) is 12.1 Å². The summed E-state index contributed by atoms with van der Waals surface area (Å²) >= 11 is 0. The molecule has 0 amide bonds. The van der Waals surface area contributed by atoms with Gasteiger partial charge in [-0.15, -0.1) is 0 Å². The highest BCUT2D eigenvalue weighted by Crippen LogP contribution is 2.48. The smallest absolute Gasteiger partial charge is 0.220 e. The minimum atomic E-state index is 0.246. The third kappa shape index (κ3) is 3.21. The van der Waals surface area contributed by atoms with Gasteiger partial charge in [0.25, 0.3) is 0 Å². The van der Waals surface area contributed by atoms with Crippen LogP contribution in [0.1, 0.15) is 37.5 Å². The number of anilines is 3. The van der Waals surface area contributed by atoms with Gasteiger partial charge in [-0.25, -0.2) is 4.57 Å². The number of fused-ring (bicyclic) bond motifs is 2. The zero-order valence-electron chi connectivity index (χ0n) is 20.8. The van der Waals surface area contributed by atoms with E-state index in [0.29, 0.717) is 6.04 Å². The molecule has 1 aliphatic rings. The van der Waals surface area contributed by atoms with E-state index >= 15 is 0 Å². The van der Waals surface area contributed by atoms with Crippen LogP contribution in [0.5, 0.6) is 0 Å². The summed E-state index contributed by atoms with van der Waals surface area (Å²) in [6.45, 7) is 13.7. The number of aryl methyl sites for hydroxylation is 2. The number of aromatic nitrogens is 1. The number of benzene rings is 3. The number of hydrogen-bond donors (Lipinski definition) is 0. The summed E-state index contributed by atoms with van der Waals surface area (Å²) in [7, 11) is 2.16. The van der Waals surface area contributed by atoms with Crippen molar-refractivity contribution in [3.63, 3.8) is 0 Å². The molecule has 0 saturated heterocycles. The topological polar surface area (TPSA) is 10.4 Å². The number of para-hydroxylation sites is 2. The molecule has 2 heterocycles. The lowest BCUT2D eigenvalue weighted by Gasteiger charge is -2.35. The number of rotatable bonds is 3. The Balaban J connectivity index is 1.80. The monoisotopic (exact) mass is 436 g/mol. The van der Waals surface area contributed by atoms with Crippen molar-refractivity contribution >= 4 is 27.8 Å². The van der Waals surface area contributed by atoms with Gasteiger partial charge in [-0.2, -0.15) is 0 Å². The first-order chi connectivity index (χ1) is 15.8. The van der Waals surface area contributed by atoms with Crippen LogP contribution in [0.15, 0.2) is 66.9 Å². The molecular formula is C30H34N3+. The summed E-state index contributed by atoms with van der Waals surface area (Å²) < 4.78 is 2.27. The molecule has 1 atom stereocenters. The predicted molar refractivity (Wildman–Crippen MR) is 140 cm³/mol. The van der Waals surface area contributed by atoms with Crippen LogP contribution in [0.25, 0.3) is 22.0 Å². The SMILES string of the molecule is Cc1cc(-c2c3ccccc3cc[n+]2C)c(C)c(N2c3ccccc3N(C(C)C)[C@H]2C)c1C. The van der Waals surface area contributed by atoms with E-state index in [-0.39, 0.29) is 6.17 Å². The Morgan fingerprint density at radius 3 is 2.24 bits per heavy atom. The summed E-state index contributed by atoms with van der Waals surface area (Å²) in [5.74, 6) is 0. The van der Waals surface area contributed by atoms with Gasteiger partial charge in [0.15, 0.2) is 6.20 Å². The quantitative estimate of drug-likeness (QED) is 0.321. The molecule has 0 spiro atoms. The summed E-state index contributed by atoms with van der Waals surface area (Å²) in [5.41, 5.74) is 10.5. The molecule has 5 rings (SSSR count). The molecule has 1 aromatic heterocycles. The Morgan fingerprint density at radius 2 is 1.52 bits per heavy atom. The fourth-order valence-electron chi connectivity index (χ4n) is 5.72. The van der Waals surface area contributed by atoms with Crippen molar-refractivity contribution in [3.05, 3.63) is 83.6 Å². The lowest BCUT2D eigenvalue weighted by Crippen LogP contribution is -2.43. The zero-order valence-corrected chi connectivity index (χ0v) is 20.8. The average Bonchev–Trinajstić information content (AvgIpc) is 3.09. The van der Waals surface area contributed by atoms with Crippen molar-refractivity contribution in [3.8, 4) is 11.3 Å². The highest BCUT2D eigenvalue weighted by molar-refractivity contribution is 5.96. The van der Waals surface area contributed by atoms with Crippen LogP contribution in [0.2, 0.25) is 0 Å². The van der Waals surface area contributed by atoms with Gasteiger partial charge in [0.1, 0.15) is 13.2 Å². The third-order valence-corrected chi connectivity index (χ3v) is 7.36. The molecule has 0 bridgehead atoms. The zero-order chi connectivity index (χ0) is 23.4. The van der Waals surface area contributed by atoms with E-state index in [1.807, 2.05) is 0 Å². The van der Waals surface area contributed by atoms with Crippen molar-refractivity contribution in [2.75, 3.05) is 9.80 Å². The summed E-state index contributed by atoms with van der Waals surface area (Å²) in [6.07, 6.45) is 2.43. The summed E-state index contributed by atoms with van der Waals surface area (Å²) in [5, 5.41) is 2.56. The maximum absolute atomic E-state index is 2.56. The van der Waals surface area contributed by atoms with E-state index in [1.165, 1.54) is 55.8 Å². The normalized spacial score (nSPS) is 15.6. The second kappa shape index (κ2) is 7.91. The molecule has 1 aliphatic heterocycles. The Bertz CT molecular complexity index is 1370. The molecule has 0 radical (unpaired) electrons. The molecule has 4 aromatic rings. The van der Waals surface area contributed by atoms with Crippen molar-refractivity contribution < 1.29 is 4.57 Å². The molecule has 168 valence electrons. The Hall–Kier alpha value is -3.33. The van der Waals surface area contributed by atoms with E-state index < -0.39 is 0 Å². The second-order valence-electron chi connectivity index (χ2n) is 9.69. The van der Waals surface area contributed by atoms with Crippen LogP contribution in [-0.4, -0.2) is 12.2 Å². The predicted octanol–water partition coefficient (Wildman–Crippen LogP) is 6.97. The van der Waals surface area contributed by atoms with E-state index in [9.17, 15) is 0 Å². The lowest BCUT2D eigenvalue weighted by molar-refractivity contribution is -0.659.